The minimum Gasteiger partial charge on any atom is -0.493 e. The predicted molar refractivity (Wildman–Crippen MR) is 94.3 cm³/mol. The maximum absolute atomic E-state index is 10.9. The molecular formula is C19H22N2O3. The number of rotatable bonds is 8. The van der Waals surface area contributed by atoms with Gasteiger partial charge in [-0.1, -0.05) is 37.1 Å². The number of fused-ring (bicyclic) bond motifs is 3. The van der Waals surface area contributed by atoms with Gasteiger partial charge in [0.1, 0.15) is 5.75 Å². The Hall–Kier alpha value is -2.53. The monoisotopic (exact) mass is 326 g/mol. The summed E-state index contributed by atoms with van der Waals surface area (Å²) in [5.41, 5.74) is 3.85. The van der Waals surface area contributed by atoms with Gasteiger partial charge in [-0.15, -0.1) is 0 Å². The van der Waals surface area contributed by atoms with E-state index in [0.29, 0.717) is 13.0 Å². The highest BCUT2D eigenvalue weighted by molar-refractivity contribution is 6.10. The third kappa shape index (κ3) is 3.68. The van der Waals surface area contributed by atoms with E-state index in [1.54, 1.807) is 5.48 Å². The van der Waals surface area contributed by atoms with Crippen molar-refractivity contribution in [2.75, 3.05) is 6.61 Å². The van der Waals surface area contributed by atoms with Gasteiger partial charge in [-0.2, -0.15) is 0 Å². The van der Waals surface area contributed by atoms with E-state index in [9.17, 15) is 4.79 Å². The fourth-order valence-electron chi connectivity index (χ4n) is 2.97. The highest BCUT2D eigenvalue weighted by Crippen LogP contribution is 2.32. The van der Waals surface area contributed by atoms with Crippen LogP contribution in [-0.2, 0) is 4.79 Å². The van der Waals surface area contributed by atoms with E-state index in [-0.39, 0.29) is 5.91 Å². The predicted octanol–water partition coefficient (Wildman–Crippen LogP) is 4.16. The SMILES string of the molecule is O=C(CCCCCCOc1cccc2[nH]c3ccccc3c12)NO. The molecule has 2 aromatic carbocycles. The lowest BCUT2D eigenvalue weighted by Crippen LogP contribution is -2.17. The smallest absolute Gasteiger partial charge is 0.243 e. The molecule has 3 aromatic rings. The number of unbranched alkanes of at least 4 members (excludes halogenated alkanes) is 3. The second-order valence-corrected chi connectivity index (χ2v) is 5.90. The number of ether oxygens (including phenoxy) is 1. The Morgan fingerprint density at radius 3 is 2.67 bits per heavy atom. The summed E-state index contributed by atoms with van der Waals surface area (Å²) in [6.45, 7) is 0.658. The molecule has 0 aliphatic carbocycles. The lowest BCUT2D eigenvalue weighted by atomic mass is 10.1. The van der Waals surface area contributed by atoms with Crippen LogP contribution in [0.2, 0.25) is 0 Å². The number of hydrogen-bond donors (Lipinski definition) is 3. The number of aromatic amines is 1. The standard InChI is InChI=1S/C19H22N2O3/c22-18(21-23)12-3-1-2-6-13-24-17-11-7-10-16-19(17)14-8-4-5-9-15(14)20-16/h4-5,7-11,20,23H,1-3,6,12-13H2,(H,21,22). The van der Waals surface area contributed by atoms with Gasteiger partial charge in [-0.05, 0) is 31.0 Å². The quantitative estimate of drug-likeness (QED) is 0.331. The maximum Gasteiger partial charge on any atom is 0.243 e. The van der Waals surface area contributed by atoms with Crippen LogP contribution in [0.3, 0.4) is 0 Å². The van der Waals surface area contributed by atoms with E-state index in [0.717, 1.165) is 47.9 Å². The number of H-pyrrole nitrogens is 1. The molecule has 0 bridgehead atoms. The molecule has 0 saturated carbocycles. The molecule has 0 aliphatic rings. The second kappa shape index (κ2) is 7.84. The summed E-state index contributed by atoms with van der Waals surface area (Å²) in [5.74, 6) is 0.585. The van der Waals surface area contributed by atoms with Gasteiger partial charge in [0, 0.05) is 22.7 Å². The molecule has 1 heterocycles. The lowest BCUT2D eigenvalue weighted by Gasteiger charge is -2.08. The summed E-state index contributed by atoms with van der Waals surface area (Å²) in [4.78, 5) is 14.3. The Bertz CT molecular complexity index is 826. The van der Waals surface area contributed by atoms with Crippen LogP contribution in [-0.4, -0.2) is 22.7 Å². The molecule has 3 N–H and O–H groups in total. The van der Waals surface area contributed by atoms with Crippen molar-refractivity contribution in [1.29, 1.82) is 0 Å². The second-order valence-electron chi connectivity index (χ2n) is 5.90. The van der Waals surface area contributed by atoms with E-state index in [1.165, 1.54) is 5.39 Å². The average Bonchev–Trinajstić information content (AvgIpc) is 3.00. The average molecular weight is 326 g/mol. The molecule has 126 valence electrons. The Labute approximate surface area is 140 Å². The van der Waals surface area contributed by atoms with Gasteiger partial charge >= 0.3 is 0 Å². The van der Waals surface area contributed by atoms with Crippen molar-refractivity contribution in [3.05, 3.63) is 42.5 Å². The van der Waals surface area contributed by atoms with E-state index in [4.69, 9.17) is 9.94 Å². The number of aromatic nitrogens is 1. The first-order valence-electron chi connectivity index (χ1n) is 8.35. The normalized spacial score (nSPS) is 11.0. The number of carbonyl (C=O) groups is 1. The topological polar surface area (TPSA) is 74.4 Å². The van der Waals surface area contributed by atoms with Crippen molar-refractivity contribution < 1.29 is 14.7 Å². The molecule has 0 radical (unpaired) electrons. The lowest BCUT2D eigenvalue weighted by molar-refractivity contribution is -0.129. The summed E-state index contributed by atoms with van der Waals surface area (Å²) in [5, 5.41) is 10.7. The number of benzene rings is 2. The third-order valence-electron chi connectivity index (χ3n) is 4.17. The molecule has 0 saturated heterocycles. The van der Waals surface area contributed by atoms with Gasteiger partial charge in [0.2, 0.25) is 5.91 Å². The zero-order valence-corrected chi connectivity index (χ0v) is 13.5. The van der Waals surface area contributed by atoms with Crippen LogP contribution in [0, 0.1) is 0 Å². The number of nitrogens with one attached hydrogen (secondary N) is 2. The molecule has 0 aliphatic heterocycles. The van der Waals surface area contributed by atoms with Crippen molar-refractivity contribution in [2.24, 2.45) is 0 Å². The van der Waals surface area contributed by atoms with Crippen LogP contribution < -0.4 is 10.2 Å². The first kappa shape index (κ1) is 16.3. The zero-order chi connectivity index (χ0) is 16.8. The van der Waals surface area contributed by atoms with Gasteiger partial charge in [0.25, 0.3) is 0 Å². The number of carbonyl (C=O) groups excluding carboxylic acids is 1. The number of para-hydroxylation sites is 1. The summed E-state index contributed by atoms with van der Waals surface area (Å²) in [7, 11) is 0. The molecule has 0 fully saturated rings. The minimum atomic E-state index is -0.322. The van der Waals surface area contributed by atoms with Crippen LogP contribution in [0.25, 0.3) is 21.8 Å². The van der Waals surface area contributed by atoms with E-state index >= 15 is 0 Å². The van der Waals surface area contributed by atoms with Gasteiger partial charge in [-0.3, -0.25) is 10.0 Å². The fourth-order valence-corrected chi connectivity index (χ4v) is 2.97. The number of amides is 1. The van der Waals surface area contributed by atoms with Crippen LogP contribution >= 0.6 is 0 Å². The summed E-state index contributed by atoms with van der Waals surface area (Å²) in [6.07, 6.45) is 4.05. The van der Waals surface area contributed by atoms with E-state index in [1.807, 2.05) is 24.3 Å². The highest BCUT2D eigenvalue weighted by atomic mass is 16.5. The van der Waals surface area contributed by atoms with E-state index < -0.39 is 0 Å². The highest BCUT2D eigenvalue weighted by Gasteiger charge is 2.09. The zero-order valence-electron chi connectivity index (χ0n) is 13.5. The third-order valence-corrected chi connectivity index (χ3v) is 4.17. The maximum atomic E-state index is 10.9. The minimum absolute atomic E-state index is 0.322. The van der Waals surface area contributed by atoms with Gasteiger partial charge < -0.3 is 9.72 Å². The fraction of sp³-hybridized carbons (Fsp3) is 0.316. The molecule has 1 amide bonds. The molecule has 5 heteroatoms. The van der Waals surface area contributed by atoms with Crippen molar-refractivity contribution in [2.45, 2.75) is 32.1 Å². The van der Waals surface area contributed by atoms with Crippen LogP contribution in [0.15, 0.2) is 42.5 Å². The molecule has 1 aromatic heterocycles. The molecule has 0 spiro atoms. The first-order valence-corrected chi connectivity index (χ1v) is 8.35. The number of hydroxylamine groups is 1. The van der Waals surface area contributed by atoms with Crippen molar-refractivity contribution in [1.82, 2.24) is 10.5 Å². The molecule has 24 heavy (non-hydrogen) atoms. The largest absolute Gasteiger partial charge is 0.493 e. The van der Waals surface area contributed by atoms with Crippen LogP contribution in [0.4, 0.5) is 0 Å². The number of hydrogen-bond acceptors (Lipinski definition) is 3. The van der Waals surface area contributed by atoms with Crippen LogP contribution in [0.1, 0.15) is 32.1 Å². The molecule has 5 nitrogen and oxygen atoms in total. The van der Waals surface area contributed by atoms with Crippen molar-refractivity contribution >= 4 is 27.7 Å². The Balaban J connectivity index is 1.55. The Kier molecular flexibility index (Phi) is 5.33. The van der Waals surface area contributed by atoms with Gasteiger partial charge in [0.15, 0.2) is 0 Å². The summed E-state index contributed by atoms with van der Waals surface area (Å²) in [6, 6.07) is 14.3. The Morgan fingerprint density at radius 2 is 1.79 bits per heavy atom. The summed E-state index contributed by atoms with van der Waals surface area (Å²) < 4.78 is 6.00. The molecular weight excluding hydrogens is 304 g/mol. The Morgan fingerprint density at radius 1 is 1.00 bits per heavy atom. The summed E-state index contributed by atoms with van der Waals surface area (Å²) >= 11 is 0. The molecule has 3 rings (SSSR count). The van der Waals surface area contributed by atoms with Crippen molar-refractivity contribution in [3.8, 4) is 5.75 Å². The van der Waals surface area contributed by atoms with Crippen molar-refractivity contribution in [3.63, 3.8) is 0 Å². The van der Waals surface area contributed by atoms with Gasteiger partial charge in [-0.25, -0.2) is 5.48 Å². The molecule has 0 atom stereocenters. The first-order chi connectivity index (χ1) is 11.8. The van der Waals surface area contributed by atoms with Gasteiger partial charge in [0.05, 0.1) is 12.1 Å². The van der Waals surface area contributed by atoms with Crippen LogP contribution in [0.5, 0.6) is 5.75 Å². The molecule has 0 unspecified atom stereocenters. The van der Waals surface area contributed by atoms with E-state index in [2.05, 4.69) is 23.2 Å².